The molecule has 0 bridgehead atoms. The lowest BCUT2D eigenvalue weighted by atomic mass is 9.74. The van der Waals surface area contributed by atoms with E-state index in [0.29, 0.717) is 41.7 Å². The summed E-state index contributed by atoms with van der Waals surface area (Å²) in [5, 5.41) is 5.42. The lowest BCUT2D eigenvalue weighted by Gasteiger charge is -2.35. The normalized spacial score (nSPS) is 15.9. The standard InChI is InChI=1S/C18H22Cl2N2O5/c1-11(2)21-17(25)22-15(23)10-27-16(24)18(5-7-26-8-6-18)13-4-3-12(19)9-14(13)20/h3-4,9,11H,5-8,10H2,1-2H3,(H2,21,22,23,25). The van der Waals surface area contributed by atoms with Gasteiger partial charge in [-0.05, 0) is 44.4 Å². The van der Waals surface area contributed by atoms with Crippen LogP contribution in [0.25, 0.3) is 0 Å². The van der Waals surface area contributed by atoms with E-state index in [2.05, 4.69) is 10.6 Å². The van der Waals surface area contributed by atoms with Gasteiger partial charge in [-0.2, -0.15) is 0 Å². The molecule has 27 heavy (non-hydrogen) atoms. The molecule has 9 heteroatoms. The van der Waals surface area contributed by atoms with E-state index in [4.69, 9.17) is 32.7 Å². The Kier molecular flexibility index (Phi) is 7.47. The molecule has 0 unspecified atom stereocenters. The molecule has 0 aliphatic carbocycles. The van der Waals surface area contributed by atoms with Crippen LogP contribution in [0.15, 0.2) is 18.2 Å². The van der Waals surface area contributed by atoms with Gasteiger partial charge in [0.2, 0.25) is 0 Å². The predicted molar refractivity (Wildman–Crippen MR) is 101 cm³/mol. The van der Waals surface area contributed by atoms with Crippen molar-refractivity contribution in [2.24, 2.45) is 0 Å². The molecule has 1 fully saturated rings. The van der Waals surface area contributed by atoms with Gasteiger partial charge in [-0.1, -0.05) is 29.3 Å². The van der Waals surface area contributed by atoms with Gasteiger partial charge in [-0.3, -0.25) is 14.9 Å². The van der Waals surface area contributed by atoms with Crippen molar-refractivity contribution in [2.75, 3.05) is 19.8 Å². The number of carbonyl (C=O) groups excluding carboxylic acids is 3. The minimum Gasteiger partial charge on any atom is -0.455 e. The number of ether oxygens (including phenoxy) is 2. The summed E-state index contributed by atoms with van der Waals surface area (Å²) in [6.07, 6.45) is 0.727. The molecule has 2 rings (SSSR count). The highest BCUT2D eigenvalue weighted by Crippen LogP contribution is 2.40. The molecule has 7 nitrogen and oxygen atoms in total. The maximum atomic E-state index is 12.9. The number of benzene rings is 1. The SMILES string of the molecule is CC(C)NC(=O)NC(=O)COC(=O)C1(c2ccc(Cl)cc2Cl)CCOCC1. The van der Waals surface area contributed by atoms with E-state index in [-0.39, 0.29) is 6.04 Å². The smallest absolute Gasteiger partial charge is 0.321 e. The third-order valence-corrected chi connectivity index (χ3v) is 4.74. The Balaban J connectivity index is 2.09. The number of esters is 1. The van der Waals surface area contributed by atoms with Gasteiger partial charge >= 0.3 is 12.0 Å². The van der Waals surface area contributed by atoms with Gasteiger partial charge in [0.05, 0.1) is 5.41 Å². The fraction of sp³-hybridized carbons (Fsp3) is 0.500. The average molecular weight is 417 g/mol. The van der Waals surface area contributed by atoms with Crippen molar-refractivity contribution in [3.8, 4) is 0 Å². The molecular weight excluding hydrogens is 395 g/mol. The van der Waals surface area contributed by atoms with Crippen LogP contribution in [0.1, 0.15) is 32.3 Å². The van der Waals surface area contributed by atoms with Crippen molar-refractivity contribution < 1.29 is 23.9 Å². The van der Waals surface area contributed by atoms with Crippen LogP contribution < -0.4 is 10.6 Å². The van der Waals surface area contributed by atoms with Crippen LogP contribution in [-0.2, 0) is 24.5 Å². The zero-order valence-electron chi connectivity index (χ0n) is 15.1. The van der Waals surface area contributed by atoms with Crippen LogP contribution in [0.3, 0.4) is 0 Å². The first-order chi connectivity index (χ1) is 12.7. The van der Waals surface area contributed by atoms with Crippen molar-refractivity contribution in [3.63, 3.8) is 0 Å². The number of nitrogens with one attached hydrogen (secondary N) is 2. The summed E-state index contributed by atoms with van der Waals surface area (Å²) in [5.41, 5.74) is -0.444. The molecule has 1 aliphatic heterocycles. The molecule has 0 saturated carbocycles. The van der Waals surface area contributed by atoms with E-state index in [9.17, 15) is 14.4 Å². The van der Waals surface area contributed by atoms with Gasteiger partial charge < -0.3 is 14.8 Å². The van der Waals surface area contributed by atoms with E-state index in [1.807, 2.05) is 0 Å². The molecule has 0 atom stereocenters. The van der Waals surface area contributed by atoms with Gasteiger partial charge in [-0.25, -0.2) is 4.79 Å². The predicted octanol–water partition coefficient (Wildman–Crippen LogP) is 2.82. The Morgan fingerprint density at radius 2 is 1.89 bits per heavy atom. The Hall–Kier alpha value is -1.83. The van der Waals surface area contributed by atoms with Crippen molar-refractivity contribution in [1.82, 2.24) is 10.6 Å². The number of halogens is 2. The summed E-state index contributed by atoms with van der Waals surface area (Å²) in [6, 6.07) is 4.13. The highest BCUT2D eigenvalue weighted by atomic mass is 35.5. The maximum Gasteiger partial charge on any atom is 0.321 e. The van der Waals surface area contributed by atoms with Gasteiger partial charge in [-0.15, -0.1) is 0 Å². The van der Waals surface area contributed by atoms with Crippen molar-refractivity contribution in [3.05, 3.63) is 33.8 Å². The zero-order chi connectivity index (χ0) is 20.0. The Morgan fingerprint density at radius 1 is 1.22 bits per heavy atom. The number of urea groups is 1. The number of hydrogen-bond acceptors (Lipinski definition) is 5. The molecule has 148 valence electrons. The summed E-state index contributed by atoms with van der Waals surface area (Å²) >= 11 is 12.3. The third-order valence-electron chi connectivity index (χ3n) is 4.19. The van der Waals surface area contributed by atoms with Crippen LogP contribution in [0.2, 0.25) is 10.0 Å². The molecular formula is C18H22Cl2N2O5. The summed E-state index contributed by atoms with van der Waals surface area (Å²) in [6.45, 7) is 3.66. The molecule has 2 N–H and O–H groups in total. The van der Waals surface area contributed by atoms with Gasteiger partial charge in [0.15, 0.2) is 6.61 Å². The van der Waals surface area contributed by atoms with Crippen molar-refractivity contribution in [1.29, 1.82) is 0 Å². The van der Waals surface area contributed by atoms with Crippen LogP contribution in [0, 0.1) is 0 Å². The van der Waals surface area contributed by atoms with E-state index < -0.39 is 29.9 Å². The maximum absolute atomic E-state index is 12.9. The minimum absolute atomic E-state index is 0.127. The fourth-order valence-electron chi connectivity index (χ4n) is 2.91. The second kappa shape index (κ2) is 9.39. The number of carbonyl (C=O) groups is 3. The van der Waals surface area contributed by atoms with E-state index >= 15 is 0 Å². The second-order valence-electron chi connectivity index (χ2n) is 6.57. The largest absolute Gasteiger partial charge is 0.455 e. The molecule has 0 spiro atoms. The topological polar surface area (TPSA) is 93.7 Å². The van der Waals surface area contributed by atoms with E-state index in [1.54, 1.807) is 32.0 Å². The van der Waals surface area contributed by atoms with Crippen LogP contribution in [0.4, 0.5) is 4.79 Å². The Morgan fingerprint density at radius 3 is 2.48 bits per heavy atom. The molecule has 1 aromatic rings. The summed E-state index contributed by atoms with van der Waals surface area (Å²) < 4.78 is 10.6. The quantitative estimate of drug-likeness (QED) is 0.719. The Bertz CT molecular complexity index is 718. The molecule has 1 aromatic carbocycles. The number of rotatable bonds is 5. The number of hydrogen-bond donors (Lipinski definition) is 2. The third kappa shape index (κ3) is 5.57. The van der Waals surface area contributed by atoms with Crippen molar-refractivity contribution in [2.45, 2.75) is 38.1 Å². The van der Waals surface area contributed by atoms with E-state index in [0.717, 1.165) is 0 Å². The van der Waals surface area contributed by atoms with Gasteiger partial charge in [0, 0.05) is 29.3 Å². The Labute approximate surface area is 167 Å². The zero-order valence-corrected chi connectivity index (χ0v) is 16.7. The molecule has 1 aliphatic rings. The van der Waals surface area contributed by atoms with E-state index in [1.165, 1.54) is 0 Å². The summed E-state index contributed by atoms with van der Waals surface area (Å²) in [7, 11) is 0. The van der Waals surface area contributed by atoms with Crippen LogP contribution in [-0.4, -0.2) is 43.8 Å². The van der Waals surface area contributed by atoms with Crippen molar-refractivity contribution >= 4 is 41.1 Å². The molecule has 3 amide bonds. The van der Waals surface area contributed by atoms with Crippen LogP contribution in [0.5, 0.6) is 0 Å². The molecule has 1 heterocycles. The highest BCUT2D eigenvalue weighted by Gasteiger charge is 2.44. The number of amides is 3. The lowest BCUT2D eigenvalue weighted by Crippen LogP contribution is -2.46. The van der Waals surface area contributed by atoms with Gasteiger partial charge in [0.25, 0.3) is 5.91 Å². The fourth-order valence-corrected chi connectivity index (χ4v) is 3.50. The number of imide groups is 1. The average Bonchev–Trinajstić information content (AvgIpc) is 2.59. The van der Waals surface area contributed by atoms with Crippen LogP contribution >= 0.6 is 23.2 Å². The summed E-state index contributed by atoms with van der Waals surface area (Å²) in [4.78, 5) is 36.3. The first-order valence-electron chi connectivity index (χ1n) is 8.55. The lowest BCUT2D eigenvalue weighted by molar-refractivity contribution is -0.157. The first-order valence-corrected chi connectivity index (χ1v) is 9.31. The molecule has 1 saturated heterocycles. The molecule has 0 radical (unpaired) electrons. The first kappa shape index (κ1) is 21.5. The second-order valence-corrected chi connectivity index (χ2v) is 7.41. The summed E-state index contributed by atoms with van der Waals surface area (Å²) in [5.74, 6) is -1.31. The monoisotopic (exact) mass is 416 g/mol. The highest BCUT2D eigenvalue weighted by molar-refractivity contribution is 6.35. The minimum atomic E-state index is -1.03. The molecule has 0 aromatic heterocycles. The van der Waals surface area contributed by atoms with Gasteiger partial charge in [0.1, 0.15) is 0 Å².